The molecule has 7 aromatic rings. The molecule has 0 amide bonds. The van der Waals surface area contributed by atoms with Crippen molar-refractivity contribution >= 4 is 44.1 Å². The van der Waals surface area contributed by atoms with Gasteiger partial charge < -0.3 is 0 Å². The maximum absolute atomic E-state index is 5.01. The number of hydrogen-bond donors (Lipinski definition) is 0. The van der Waals surface area contributed by atoms with Crippen molar-refractivity contribution in [3.63, 3.8) is 0 Å². The van der Waals surface area contributed by atoms with Crippen molar-refractivity contribution in [2.75, 3.05) is 0 Å². The Morgan fingerprint density at radius 3 is 2.44 bits per heavy atom. The van der Waals surface area contributed by atoms with E-state index in [4.69, 9.17) is 19.9 Å². The molecule has 0 atom stereocenters. The number of thiazole rings is 1. The molecule has 7 rings (SSSR count). The molecule has 5 nitrogen and oxygen atoms in total. The van der Waals surface area contributed by atoms with Crippen molar-refractivity contribution in [3.05, 3.63) is 127 Å². The van der Waals surface area contributed by atoms with Crippen LogP contribution in [0.3, 0.4) is 0 Å². The average molecular weight is 576 g/mol. The number of benzene rings is 4. The minimum Gasteiger partial charge on any atom is -0.283 e. The van der Waals surface area contributed by atoms with E-state index in [-0.39, 0.29) is 0 Å². The van der Waals surface area contributed by atoms with Gasteiger partial charge in [-0.3, -0.25) is 4.57 Å². The van der Waals surface area contributed by atoms with Gasteiger partial charge in [-0.15, -0.1) is 11.3 Å². The summed E-state index contributed by atoms with van der Waals surface area (Å²) >= 11 is 1.71. The van der Waals surface area contributed by atoms with Crippen LogP contribution in [0.1, 0.15) is 30.9 Å². The van der Waals surface area contributed by atoms with Crippen LogP contribution in [-0.4, -0.2) is 24.5 Å². The van der Waals surface area contributed by atoms with Gasteiger partial charge in [0.2, 0.25) is 5.95 Å². The number of fused-ring (bicyclic) bond motifs is 2. The summed E-state index contributed by atoms with van der Waals surface area (Å²) in [5.41, 5.74) is 9.22. The van der Waals surface area contributed by atoms with Crippen LogP contribution in [0.4, 0.5) is 0 Å². The number of hydrogen-bond acceptors (Lipinski definition) is 5. The number of nitrogens with zero attached hydrogens (tertiary/aromatic N) is 5. The second-order valence-electron chi connectivity index (χ2n) is 10.6. The summed E-state index contributed by atoms with van der Waals surface area (Å²) in [7, 11) is 0. The highest BCUT2D eigenvalue weighted by Gasteiger charge is 2.17. The predicted molar refractivity (Wildman–Crippen MR) is 180 cm³/mol. The Hall–Kier alpha value is -5.20. The minimum atomic E-state index is 0.577. The van der Waals surface area contributed by atoms with Gasteiger partial charge in [-0.2, -0.15) is 9.97 Å². The topological polar surface area (TPSA) is 56.5 Å². The zero-order valence-electron chi connectivity index (χ0n) is 24.2. The standard InChI is InChI=1S/C37H29N5S/c1-5-11-25-18-19-29(36-38-31-15-7-9-17-33(31)43-36)30(21-25)26-13-10-14-28(22-26)35-39-34(23(2)3)40-37(41-35)42-24(4)20-27-12-6-8-16-32(27)42/h5-22H,2H2,1,3-4H3/b11-5+. The molecule has 0 unspecified atom stereocenters. The molecule has 0 saturated carbocycles. The first-order valence-electron chi connectivity index (χ1n) is 14.2. The van der Waals surface area contributed by atoms with Gasteiger partial charge in [-0.25, -0.2) is 9.97 Å². The van der Waals surface area contributed by atoms with E-state index in [1.165, 1.54) is 4.70 Å². The van der Waals surface area contributed by atoms with Crippen molar-refractivity contribution in [2.24, 2.45) is 0 Å². The molecule has 0 aliphatic carbocycles. The van der Waals surface area contributed by atoms with E-state index in [1.807, 2.05) is 32.0 Å². The fourth-order valence-corrected chi connectivity index (χ4v) is 6.44. The zero-order valence-corrected chi connectivity index (χ0v) is 25.1. The van der Waals surface area contributed by atoms with E-state index in [0.717, 1.165) is 60.5 Å². The van der Waals surface area contributed by atoms with Crippen LogP contribution in [0.2, 0.25) is 0 Å². The van der Waals surface area contributed by atoms with Crippen LogP contribution < -0.4 is 0 Å². The lowest BCUT2D eigenvalue weighted by atomic mass is 9.95. The quantitative estimate of drug-likeness (QED) is 0.198. The lowest BCUT2D eigenvalue weighted by molar-refractivity contribution is 0.891. The maximum atomic E-state index is 5.01. The van der Waals surface area contributed by atoms with Crippen LogP contribution in [0.5, 0.6) is 0 Å². The molecule has 208 valence electrons. The second-order valence-corrected chi connectivity index (χ2v) is 11.6. The lowest BCUT2D eigenvalue weighted by Gasteiger charge is -2.13. The van der Waals surface area contributed by atoms with Gasteiger partial charge in [0.05, 0.1) is 15.7 Å². The SMILES string of the molecule is C=C(C)c1nc(-c2cccc(-c3cc(/C=C/C)ccc3-c3nc4ccccc4s3)c2)nc(-n2c(C)cc3ccccc32)n1. The molecule has 4 aromatic carbocycles. The van der Waals surface area contributed by atoms with Crippen molar-refractivity contribution in [3.8, 4) is 39.0 Å². The Balaban J connectivity index is 1.40. The van der Waals surface area contributed by atoms with Crippen LogP contribution >= 0.6 is 11.3 Å². The largest absolute Gasteiger partial charge is 0.283 e. The molecule has 0 spiro atoms. The highest BCUT2D eigenvalue weighted by Crippen LogP contribution is 2.38. The lowest BCUT2D eigenvalue weighted by Crippen LogP contribution is -2.08. The number of rotatable bonds is 6. The molecule has 3 aromatic heterocycles. The van der Waals surface area contributed by atoms with Gasteiger partial charge in [0.25, 0.3) is 0 Å². The van der Waals surface area contributed by atoms with E-state index in [9.17, 15) is 0 Å². The highest BCUT2D eigenvalue weighted by molar-refractivity contribution is 7.21. The Morgan fingerprint density at radius 2 is 1.60 bits per heavy atom. The Morgan fingerprint density at radius 1 is 0.791 bits per heavy atom. The summed E-state index contributed by atoms with van der Waals surface area (Å²) in [6.45, 7) is 10.2. The maximum Gasteiger partial charge on any atom is 0.238 e. The summed E-state index contributed by atoms with van der Waals surface area (Å²) in [4.78, 5) is 19.7. The third kappa shape index (κ3) is 4.96. The number of para-hydroxylation sites is 2. The molecule has 0 saturated heterocycles. The number of aromatic nitrogens is 5. The van der Waals surface area contributed by atoms with Crippen molar-refractivity contribution in [1.82, 2.24) is 24.5 Å². The molecule has 43 heavy (non-hydrogen) atoms. The van der Waals surface area contributed by atoms with E-state index in [0.29, 0.717) is 17.6 Å². The van der Waals surface area contributed by atoms with E-state index in [2.05, 4.69) is 109 Å². The smallest absolute Gasteiger partial charge is 0.238 e. The van der Waals surface area contributed by atoms with Gasteiger partial charge >= 0.3 is 0 Å². The van der Waals surface area contributed by atoms with Crippen LogP contribution in [0.25, 0.3) is 71.8 Å². The van der Waals surface area contributed by atoms with Gasteiger partial charge in [0, 0.05) is 22.2 Å². The van der Waals surface area contributed by atoms with Crippen molar-refractivity contribution in [1.29, 1.82) is 0 Å². The van der Waals surface area contributed by atoms with Crippen LogP contribution in [0, 0.1) is 6.92 Å². The molecule has 0 fully saturated rings. The molecular weight excluding hydrogens is 547 g/mol. The third-order valence-electron chi connectivity index (χ3n) is 7.46. The van der Waals surface area contributed by atoms with Crippen LogP contribution in [-0.2, 0) is 0 Å². The van der Waals surface area contributed by atoms with Gasteiger partial charge in [0.15, 0.2) is 11.6 Å². The Kier molecular flexibility index (Phi) is 6.76. The average Bonchev–Trinajstić information content (AvgIpc) is 3.61. The molecule has 0 aliphatic heterocycles. The summed E-state index contributed by atoms with van der Waals surface area (Å²) in [5, 5.41) is 2.14. The molecule has 0 N–H and O–H groups in total. The molecule has 3 heterocycles. The number of aryl methyl sites for hydroxylation is 1. The summed E-state index contributed by atoms with van der Waals surface area (Å²) in [6, 6.07) is 33.7. The van der Waals surface area contributed by atoms with Gasteiger partial charge in [-0.1, -0.05) is 79.4 Å². The first kappa shape index (κ1) is 26.7. The summed E-state index contributed by atoms with van der Waals surface area (Å²) in [5.74, 6) is 1.76. The molecule has 6 heteroatoms. The predicted octanol–water partition coefficient (Wildman–Crippen LogP) is 9.80. The normalized spacial score (nSPS) is 11.6. The zero-order chi connectivity index (χ0) is 29.5. The minimum absolute atomic E-state index is 0.577. The second kappa shape index (κ2) is 10.9. The van der Waals surface area contributed by atoms with E-state index >= 15 is 0 Å². The Labute approximate surface area is 254 Å². The van der Waals surface area contributed by atoms with Crippen molar-refractivity contribution in [2.45, 2.75) is 20.8 Å². The molecule has 0 aliphatic rings. The fourth-order valence-electron chi connectivity index (χ4n) is 5.44. The fraction of sp³-hybridized carbons (Fsp3) is 0.0811. The van der Waals surface area contributed by atoms with Gasteiger partial charge in [0.1, 0.15) is 5.01 Å². The van der Waals surface area contributed by atoms with Crippen molar-refractivity contribution < 1.29 is 0 Å². The first-order chi connectivity index (χ1) is 21.0. The first-order valence-corrected chi connectivity index (χ1v) is 15.0. The van der Waals surface area contributed by atoms with Crippen LogP contribution in [0.15, 0.2) is 110 Å². The monoisotopic (exact) mass is 575 g/mol. The molecule has 0 bridgehead atoms. The Bertz CT molecular complexity index is 2170. The third-order valence-corrected chi connectivity index (χ3v) is 8.53. The molecule has 0 radical (unpaired) electrons. The summed E-state index contributed by atoms with van der Waals surface area (Å²) < 4.78 is 3.26. The summed E-state index contributed by atoms with van der Waals surface area (Å²) in [6.07, 6.45) is 4.18. The van der Waals surface area contributed by atoms with Gasteiger partial charge in [-0.05, 0) is 79.4 Å². The highest BCUT2D eigenvalue weighted by atomic mass is 32.1. The van der Waals surface area contributed by atoms with E-state index < -0.39 is 0 Å². The van der Waals surface area contributed by atoms with E-state index in [1.54, 1.807) is 11.3 Å². The number of allylic oxidation sites excluding steroid dienone is 2. The molecular formula is C37H29N5S.